The van der Waals surface area contributed by atoms with Crippen LogP contribution in [0.15, 0.2) is 42.5 Å². The Morgan fingerprint density at radius 2 is 1.87 bits per heavy atom. The van der Waals surface area contributed by atoms with Gasteiger partial charge in [0.1, 0.15) is 5.75 Å². The predicted molar refractivity (Wildman–Crippen MR) is 103 cm³/mol. The second-order valence-electron chi connectivity index (χ2n) is 5.22. The summed E-state index contributed by atoms with van der Waals surface area (Å²) in [5, 5.41) is 7.39. The van der Waals surface area contributed by atoms with Gasteiger partial charge in [0.05, 0.1) is 12.8 Å². The first-order chi connectivity index (χ1) is 11.1. The number of hydrogen-bond acceptors (Lipinski definition) is 2. The van der Waals surface area contributed by atoms with Gasteiger partial charge in [-0.15, -0.1) is 0 Å². The maximum atomic E-state index is 6.02. The Morgan fingerprint density at radius 3 is 2.52 bits per heavy atom. The molecule has 0 fully saturated rings. The smallest absolute Gasteiger partial charge is 0.175 e. The van der Waals surface area contributed by atoms with Crippen molar-refractivity contribution in [3.8, 4) is 5.75 Å². The second-order valence-corrected chi connectivity index (χ2v) is 6.07. The maximum Gasteiger partial charge on any atom is 0.175 e. The van der Waals surface area contributed by atoms with Gasteiger partial charge in [-0.05, 0) is 61.0 Å². The lowest BCUT2D eigenvalue weighted by atomic mass is 10.1. The van der Waals surface area contributed by atoms with E-state index in [2.05, 4.69) is 29.7 Å². The number of nitrogens with one attached hydrogen (secondary N) is 2. The number of benzene rings is 2. The number of thiocarbonyl (C=S) groups is 1. The van der Waals surface area contributed by atoms with Gasteiger partial charge in [-0.25, -0.2) is 0 Å². The van der Waals surface area contributed by atoms with Gasteiger partial charge in [0.15, 0.2) is 5.11 Å². The molecule has 122 valence electrons. The number of ether oxygens (including phenoxy) is 1. The van der Waals surface area contributed by atoms with E-state index in [1.807, 2.05) is 12.1 Å². The standard InChI is InChI=1S/C18H21ClN2OS/c1-3-4-5-13-6-9-15(10-7-13)20-18(23)21-16-12-14(19)8-11-17(16)22-2/h6-12H,3-5H2,1-2H3,(H2,20,21,23). The van der Waals surface area contributed by atoms with Crippen LogP contribution in [0.4, 0.5) is 11.4 Å². The molecule has 0 atom stereocenters. The molecule has 2 rings (SSSR count). The van der Waals surface area contributed by atoms with E-state index in [4.69, 9.17) is 28.6 Å². The summed E-state index contributed by atoms with van der Waals surface area (Å²) in [4.78, 5) is 0. The third-order valence-corrected chi connectivity index (χ3v) is 3.88. The molecule has 2 N–H and O–H groups in total. The molecule has 0 amide bonds. The van der Waals surface area contributed by atoms with E-state index in [0.717, 1.165) is 17.8 Å². The van der Waals surface area contributed by atoms with Gasteiger partial charge >= 0.3 is 0 Å². The predicted octanol–water partition coefficient (Wildman–Crippen LogP) is 5.50. The van der Waals surface area contributed by atoms with Crippen molar-refractivity contribution >= 4 is 40.3 Å². The zero-order valence-corrected chi connectivity index (χ0v) is 14.9. The van der Waals surface area contributed by atoms with Crippen LogP contribution in [0.3, 0.4) is 0 Å². The molecule has 0 radical (unpaired) electrons. The number of anilines is 2. The van der Waals surface area contributed by atoms with Crippen molar-refractivity contribution in [3.63, 3.8) is 0 Å². The van der Waals surface area contributed by atoms with Crippen LogP contribution in [-0.4, -0.2) is 12.2 Å². The minimum Gasteiger partial charge on any atom is -0.495 e. The Bertz CT molecular complexity index is 659. The van der Waals surface area contributed by atoms with Crippen LogP contribution in [0.1, 0.15) is 25.3 Å². The molecular formula is C18H21ClN2OS. The molecule has 2 aromatic carbocycles. The number of unbranched alkanes of at least 4 members (excludes halogenated alkanes) is 1. The van der Waals surface area contributed by atoms with Crippen molar-refractivity contribution in [1.29, 1.82) is 0 Å². The highest BCUT2D eigenvalue weighted by Crippen LogP contribution is 2.27. The highest BCUT2D eigenvalue weighted by Gasteiger charge is 2.06. The lowest BCUT2D eigenvalue weighted by Crippen LogP contribution is -2.19. The molecule has 0 bridgehead atoms. The highest BCUT2D eigenvalue weighted by atomic mass is 35.5. The largest absolute Gasteiger partial charge is 0.495 e. The molecule has 23 heavy (non-hydrogen) atoms. The monoisotopic (exact) mass is 348 g/mol. The summed E-state index contributed by atoms with van der Waals surface area (Å²) < 4.78 is 5.30. The summed E-state index contributed by atoms with van der Waals surface area (Å²) in [7, 11) is 1.61. The third kappa shape index (κ3) is 5.41. The molecule has 0 aliphatic rings. The van der Waals surface area contributed by atoms with E-state index >= 15 is 0 Å². The normalized spacial score (nSPS) is 10.2. The molecule has 5 heteroatoms. The summed E-state index contributed by atoms with van der Waals surface area (Å²) in [5.74, 6) is 0.688. The summed E-state index contributed by atoms with van der Waals surface area (Å²) in [6.45, 7) is 2.20. The lowest BCUT2D eigenvalue weighted by molar-refractivity contribution is 0.417. The second kappa shape index (κ2) is 8.75. The van der Waals surface area contributed by atoms with E-state index in [-0.39, 0.29) is 0 Å². The van der Waals surface area contributed by atoms with Crippen molar-refractivity contribution in [2.24, 2.45) is 0 Å². The Balaban J connectivity index is 1.98. The quantitative estimate of drug-likeness (QED) is 0.675. The molecule has 0 aliphatic heterocycles. The fraction of sp³-hybridized carbons (Fsp3) is 0.278. The SMILES string of the molecule is CCCCc1ccc(NC(=S)Nc2cc(Cl)ccc2OC)cc1. The highest BCUT2D eigenvalue weighted by molar-refractivity contribution is 7.80. The minimum atomic E-state index is 0.492. The Hall–Kier alpha value is -1.78. The third-order valence-electron chi connectivity index (χ3n) is 3.44. The first-order valence-electron chi connectivity index (χ1n) is 7.63. The Morgan fingerprint density at radius 1 is 1.13 bits per heavy atom. The number of hydrogen-bond donors (Lipinski definition) is 2. The lowest BCUT2D eigenvalue weighted by Gasteiger charge is -2.14. The van der Waals surface area contributed by atoms with Crippen LogP contribution >= 0.6 is 23.8 Å². The fourth-order valence-electron chi connectivity index (χ4n) is 2.20. The van der Waals surface area contributed by atoms with Crippen LogP contribution in [0.25, 0.3) is 0 Å². The van der Waals surface area contributed by atoms with Crippen LogP contribution in [0.2, 0.25) is 5.02 Å². The molecule has 0 aromatic heterocycles. The van der Waals surface area contributed by atoms with Crippen molar-refractivity contribution in [1.82, 2.24) is 0 Å². The molecular weight excluding hydrogens is 328 g/mol. The van der Waals surface area contributed by atoms with Crippen molar-refractivity contribution in [2.45, 2.75) is 26.2 Å². The average Bonchev–Trinajstić information content (AvgIpc) is 2.54. The van der Waals surface area contributed by atoms with Gasteiger partial charge in [0, 0.05) is 10.7 Å². The Labute approximate surface area is 148 Å². The zero-order chi connectivity index (χ0) is 16.7. The number of rotatable bonds is 6. The van der Waals surface area contributed by atoms with Crippen molar-refractivity contribution < 1.29 is 4.74 Å². The first-order valence-corrected chi connectivity index (χ1v) is 8.41. The van der Waals surface area contributed by atoms with Crippen molar-refractivity contribution in [2.75, 3.05) is 17.7 Å². The summed E-state index contributed by atoms with van der Waals surface area (Å²) in [6, 6.07) is 13.7. The summed E-state index contributed by atoms with van der Waals surface area (Å²) in [5.41, 5.74) is 3.02. The summed E-state index contributed by atoms with van der Waals surface area (Å²) in [6.07, 6.45) is 3.52. The molecule has 0 spiro atoms. The first kappa shape index (κ1) is 17.6. The number of methoxy groups -OCH3 is 1. The van der Waals surface area contributed by atoms with Gasteiger partial charge in [-0.3, -0.25) is 0 Å². The van der Waals surface area contributed by atoms with E-state index in [9.17, 15) is 0 Å². The molecule has 0 saturated carbocycles. The van der Waals surface area contributed by atoms with E-state index in [1.54, 1.807) is 25.3 Å². The molecule has 0 saturated heterocycles. The fourth-order valence-corrected chi connectivity index (χ4v) is 2.60. The van der Waals surface area contributed by atoms with Crippen molar-refractivity contribution in [3.05, 3.63) is 53.1 Å². The average molecular weight is 349 g/mol. The summed E-state index contributed by atoms with van der Waals surface area (Å²) >= 11 is 11.4. The Kier molecular flexibility index (Phi) is 6.68. The number of aryl methyl sites for hydroxylation is 1. The zero-order valence-electron chi connectivity index (χ0n) is 13.4. The van der Waals surface area contributed by atoms with Gasteiger partial charge in [-0.1, -0.05) is 37.1 Å². The van der Waals surface area contributed by atoms with Crippen LogP contribution < -0.4 is 15.4 Å². The molecule has 0 aliphatic carbocycles. The van der Waals surface area contributed by atoms with Crippen LogP contribution in [-0.2, 0) is 6.42 Å². The molecule has 0 unspecified atom stereocenters. The minimum absolute atomic E-state index is 0.492. The molecule has 2 aromatic rings. The molecule has 3 nitrogen and oxygen atoms in total. The molecule has 0 heterocycles. The van der Waals surface area contributed by atoms with E-state index in [0.29, 0.717) is 15.9 Å². The van der Waals surface area contributed by atoms with Crippen LogP contribution in [0.5, 0.6) is 5.75 Å². The van der Waals surface area contributed by atoms with Gasteiger partial charge in [0.25, 0.3) is 0 Å². The van der Waals surface area contributed by atoms with Gasteiger partial charge < -0.3 is 15.4 Å². The van der Waals surface area contributed by atoms with E-state index in [1.165, 1.54) is 18.4 Å². The van der Waals surface area contributed by atoms with Gasteiger partial charge in [-0.2, -0.15) is 0 Å². The van der Waals surface area contributed by atoms with Gasteiger partial charge in [0.2, 0.25) is 0 Å². The van der Waals surface area contributed by atoms with Crippen LogP contribution in [0, 0.1) is 0 Å². The van der Waals surface area contributed by atoms with E-state index < -0.39 is 0 Å². The number of halogens is 1. The topological polar surface area (TPSA) is 33.3 Å². The maximum absolute atomic E-state index is 6.02.